The first-order valence-corrected chi connectivity index (χ1v) is 9.61. The van der Waals surface area contributed by atoms with Crippen LogP contribution < -0.4 is 0 Å². The number of hydrogen-bond acceptors (Lipinski definition) is 2. The molecule has 0 spiro atoms. The van der Waals surface area contributed by atoms with Gasteiger partial charge in [0.2, 0.25) is 0 Å². The van der Waals surface area contributed by atoms with E-state index in [2.05, 4.69) is 27.7 Å². The van der Waals surface area contributed by atoms with E-state index in [1.807, 2.05) is 0 Å². The Morgan fingerprint density at radius 2 is 1.60 bits per heavy atom. The van der Waals surface area contributed by atoms with Crippen molar-refractivity contribution in [3.63, 3.8) is 0 Å². The summed E-state index contributed by atoms with van der Waals surface area (Å²) in [4.78, 5) is 0. The Balaban J connectivity index is 0. The van der Waals surface area contributed by atoms with Gasteiger partial charge in [-0.25, -0.2) is 0 Å². The second kappa shape index (κ2) is 16.1. The minimum atomic E-state index is -1.46. The van der Waals surface area contributed by atoms with Crippen LogP contribution in [-0.2, 0) is 30.2 Å². The molecule has 0 N–H and O–H groups in total. The number of unbranched alkanes of at least 4 members (excludes halogenated alkanes) is 4. The maximum absolute atomic E-state index is 12.0. The van der Waals surface area contributed by atoms with Crippen LogP contribution in [0.25, 0.3) is 0 Å². The van der Waals surface area contributed by atoms with Gasteiger partial charge in [0, 0.05) is 27.0 Å². The van der Waals surface area contributed by atoms with Crippen molar-refractivity contribution in [2.45, 2.75) is 91.6 Å². The fourth-order valence-electron chi connectivity index (χ4n) is 2.28. The molecule has 0 aliphatic rings. The molecule has 3 atom stereocenters. The van der Waals surface area contributed by atoms with Gasteiger partial charge in [0.05, 0.1) is 0 Å². The van der Waals surface area contributed by atoms with E-state index in [4.69, 9.17) is 4.52 Å². The topological polar surface area (TPSA) is 26.3 Å². The summed E-state index contributed by atoms with van der Waals surface area (Å²) in [6, 6.07) is 0. The monoisotopic (exact) mass is 387 g/mol. The molecule has 0 aromatic heterocycles. The molecule has 2 nitrogen and oxygen atoms in total. The van der Waals surface area contributed by atoms with Gasteiger partial charge in [-0.15, -0.1) is 4.52 Å². The summed E-state index contributed by atoms with van der Waals surface area (Å²) in [6.07, 6.45) is 11.8. The predicted molar refractivity (Wildman–Crippen MR) is 85.1 cm³/mol. The van der Waals surface area contributed by atoms with E-state index in [-0.39, 0.29) is 27.2 Å². The molecule has 0 amide bonds. The number of rotatable bonds is 13. The van der Waals surface area contributed by atoms with Crippen molar-refractivity contribution in [2.24, 2.45) is 5.92 Å². The van der Waals surface area contributed by atoms with Crippen LogP contribution in [0.1, 0.15) is 85.5 Å². The summed E-state index contributed by atoms with van der Waals surface area (Å²) in [6.45, 7) is 8.68. The molecule has 0 bridgehead atoms. The molecular formula is C16H34MoO2P+. The Morgan fingerprint density at radius 1 is 0.950 bits per heavy atom. The minimum Gasteiger partial charge on any atom is -0.143 e. The maximum atomic E-state index is 12.0. The third-order valence-electron chi connectivity index (χ3n) is 3.71. The fourth-order valence-corrected chi connectivity index (χ4v) is 3.74. The molecular weight excluding hydrogens is 351 g/mol. The minimum absolute atomic E-state index is 0. The normalized spacial score (nSPS) is 14.5. The van der Waals surface area contributed by atoms with Crippen LogP contribution in [0.3, 0.4) is 0 Å². The Morgan fingerprint density at radius 3 is 2.15 bits per heavy atom. The third kappa shape index (κ3) is 13.7. The Hall–Kier alpha value is 0.748. The Bertz CT molecular complexity index is 225. The molecule has 120 valence electrons. The van der Waals surface area contributed by atoms with Crippen molar-refractivity contribution < 1.29 is 30.2 Å². The third-order valence-corrected chi connectivity index (χ3v) is 5.12. The zero-order chi connectivity index (χ0) is 14.5. The standard InChI is InChI=1S/C16H34O2P.Mo/c1-5-8-10-11-12-15(4)18-19(17)14-16(7-3)13-9-6-2;/h15-16H,5-14H2,1-4H3;/q+1;. The molecule has 0 saturated heterocycles. The van der Waals surface area contributed by atoms with Gasteiger partial charge >= 0.3 is 8.03 Å². The molecule has 0 aromatic carbocycles. The summed E-state index contributed by atoms with van der Waals surface area (Å²) in [5.74, 6) is 0.579. The zero-order valence-corrected chi connectivity index (χ0v) is 16.8. The molecule has 0 aliphatic heterocycles. The van der Waals surface area contributed by atoms with Gasteiger partial charge in [-0.2, -0.15) is 0 Å². The van der Waals surface area contributed by atoms with E-state index >= 15 is 0 Å². The SMILES string of the molecule is CCCCCCC(C)O[P+](=O)CC(CC)CCCC.[Mo]. The quantitative estimate of drug-likeness (QED) is 0.211. The molecule has 4 heteroatoms. The van der Waals surface area contributed by atoms with Crippen molar-refractivity contribution >= 4 is 8.03 Å². The summed E-state index contributed by atoms with van der Waals surface area (Å²) < 4.78 is 17.7. The molecule has 0 radical (unpaired) electrons. The van der Waals surface area contributed by atoms with Crippen molar-refractivity contribution in [3.8, 4) is 0 Å². The first-order valence-electron chi connectivity index (χ1n) is 8.25. The Kier molecular flexibility index (Phi) is 18.6. The van der Waals surface area contributed by atoms with Crippen molar-refractivity contribution in [1.29, 1.82) is 0 Å². The second-order valence-corrected chi connectivity index (χ2v) is 6.94. The van der Waals surface area contributed by atoms with Crippen molar-refractivity contribution in [3.05, 3.63) is 0 Å². The zero-order valence-electron chi connectivity index (χ0n) is 13.9. The van der Waals surface area contributed by atoms with Crippen molar-refractivity contribution in [1.82, 2.24) is 0 Å². The summed E-state index contributed by atoms with van der Waals surface area (Å²) in [5, 5.41) is 0. The van der Waals surface area contributed by atoms with E-state index < -0.39 is 8.03 Å². The average molecular weight is 385 g/mol. The van der Waals surface area contributed by atoms with Crippen LogP contribution in [0.5, 0.6) is 0 Å². The molecule has 0 aliphatic carbocycles. The molecule has 0 aromatic rings. The van der Waals surface area contributed by atoms with E-state index in [0.717, 1.165) is 19.0 Å². The van der Waals surface area contributed by atoms with Gasteiger partial charge in [0.25, 0.3) is 0 Å². The molecule has 0 rings (SSSR count). The molecule has 3 unspecified atom stereocenters. The van der Waals surface area contributed by atoms with E-state index in [1.54, 1.807) is 0 Å². The van der Waals surface area contributed by atoms with Crippen LogP contribution >= 0.6 is 8.03 Å². The van der Waals surface area contributed by atoms with Crippen LogP contribution in [0.4, 0.5) is 0 Å². The van der Waals surface area contributed by atoms with Crippen LogP contribution in [0, 0.1) is 5.92 Å². The summed E-state index contributed by atoms with van der Waals surface area (Å²) in [7, 11) is -1.46. The average Bonchev–Trinajstić information content (AvgIpc) is 2.39. The summed E-state index contributed by atoms with van der Waals surface area (Å²) >= 11 is 0. The van der Waals surface area contributed by atoms with E-state index in [0.29, 0.717) is 5.92 Å². The van der Waals surface area contributed by atoms with Crippen LogP contribution in [0.2, 0.25) is 0 Å². The fraction of sp³-hybridized carbons (Fsp3) is 1.00. The predicted octanol–water partition coefficient (Wildman–Crippen LogP) is 6.32. The smallest absolute Gasteiger partial charge is 0.143 e. The van der Waals surface area contributed by atoms with E-state index in [1.165, 1.54) is 44.9 Å². The maximum Gasteiger partial charge on any atom is 0.508 e. The molecule has 20 heavy (non-hydrogen) atoms. The first-order chi connectivity index (χ1) is 9.13. The second-order valence-electron chi connectivity index (χ2n) is 5.70. The Labute approximate surface area is 142 Å². The number of hydrogen-bond donors (Lipinski definition) is 0. The first kappa shape index (κ1) is 23.0. The van der Waals surface area contributed by atoms with Crippen LogP contribution in [0.15, 0.2) is 0 Å². The van der Waals surface area contributed by atoms with Gasteiger partial charge < -0.3 is 0 Å². The molecule has 0 fully saturated rings. The largest absolute Gasteiger partial charge is 0.508 e. The van der Waals surface area contributed by atoms with Gasteiger partial charge in [0.1, 0.15) is 6.10 Å². The molecule has 0 saturated carbocycles. The van der Waals surface area contributed by atoms with Gasteiger partial charge in [-0.1, -0.05) is 59.3 Å². The summed E-state index contributed by atoms with van der Waals surface area (Å²) in [5.41, 5.74) is 0. The van der Waals surface area contributed by atoms with Gasteiger partial charge in [-0.3, -0.25) is 0 Å². The van der Waals surface area contributed by atoms with Gasteiger partial charge in [0.15, 0.2) is 6.16 Å². The van der Waals surface area contributed by atoms with E-state index in [9.17, 15) is 4.57 Å². The van der Waals surface area contributed by atoms with Gasteiger partial charge in [-0.05, 0) is 30.8 Å². The molecule has 0 heterocycles. The van der Waals surface area contributed by atoms with Crippen LogP contribution in [-0.4, -0.2) is 12.3 Å². The van der Waals surface area contributed by atoms with Crippen molar-refractivity contribution in [2.75, 3.05) is 6.16 Å².